The van der Waals surface area contributed by atoms with Gasteiger partial charge in [-0.15, -0.1) is 24.2 Å². The predicted molar refractivity (Wildman–Crippen MR) is 94.4 cm³/mol. The Morgan fingerprint density at radius 3 is 2.33 bits per heavy atom. The number of rotatable bonds is 6. The Morgan fingerprint density at radius 1 is 1.29 bits per heavy atom. The Balaban J connectivity index is 0.00000400. The van der Waals surface area contributed by atoms with Crippen LogP contribution in [0.15, 0.2) is 29.2 Å². The summed E-state index contributed by atoms with van der Waals surface area (Å²) in [5.41, 5.74) is 7.11. The van der Waals surface area contributed by atoms with Crippen molar-refractivity contribution in [1.82, 2.24) is 5.32 Å². The smallest absolute Gasteiger partial charge is 0.230 e. The SMILES string of the molecule is CC(N)CCNC(=O)CSc1ccc(C(C)(C)C)cc1.Cl. The van der Waals surface area contributed by atoms with E-state index in [-0.39, 0.29) is 29.8 Å². The maximum absolute atomic E-state index is 11.7. The maximum atomic E-state index is 11.7. The molecule has 0 aliphatic rings. The van der Waals surface area contributed by atoms with Crippen molar-refractivity contribution >= 4 is 30.1 Å². The van der Waals surface area contributed by atoms with Crippen molar-refractivity contribution in [3.05, 3.63) is 29.8 Å². The molecular weight excluding hydrogens is 304 g/mol. The van der Waals surface area contributed by atoms with Crippen LogP contribution in [0.1, 0.15) is 39.7 Å². The molecule has 0 saturated carbocycles. The number of hydrogen-bond donors (Lipinski definition) is 2. The van der Waals surface area contributed by atoms with Crippen molar-refractivity contribution in [3.8, 4) is 0 Å². The highest BCUT2D eigenvalue weighted by Gasteiger charge is 2.13. The lowest BCUT2D eigenvalue weighted by atomic mass is 9.87. The molecule has 0 aliphatic heterocycles. The van der Waals surface area contributed by atoms with Crippen molar-refractivity contribution in [2.75, 3.05) is 12.3 Å². The number of carbonyl (C=O) groups is 1. The van der Waals surface area contributed by atoms with E-state index in [0.29, 0.717) is 12.3 Å². The van der Waals surface area contributed by atoms with Gasteiger partial charge in [-0.1, -0.05) is 32.9 Å². The van der Waals surface area contributed by atoms with E-state index in [2.05, 4.69) is 50.4 Å². The lowest BCUT2D eigenvalue weighted by Gasteiger charge is -2.19. The minimum Gasteiger partial charge on any atom is -0.355 e. The summed E-state index contributed by atoms with van der Waals surface area (Å²) in [6.07, 6.45) is 0.816. The van der Waals surface area contributed by atoms with Gasteiger partial charge in [0, 0.05) is 17.5 Å². The van der Waals surface area contributed by atoms with Crippen molar-refractivity contribution in [3.63, 3.8) is 0 Å². The molecule has 21 heavy (non-hydrogen) atoms. The molecular formula is C16H27ClN2OS. The number of hydrogen-bond acceptors (Lipinski definition) is 3. The first-order valence-electron chi connectivity index (χ1n) is 7.04. The van der Waals surface area contributed by atoms with E-state index >= 15 is 0 Å². The molecule has 0 radical (unpaired) electrons. The van der Waals surface area contributed by atoms with Gasteiger partial charge in [-0.2, -0.15) is 0 Å². The molecule has 1 unspecified atom stereocenters. The van der Waals surface area contributed by atoms with Gasteiger partial charge in [-0.3, -0.25) is 4.79 Å². The van der Waals surface area contributed by atoms with Crippen molar-refractivity contribution in [2.24, 2.45) is 5.73 Å². The predicted octanol–water partition coefficient (Wildman–Crippen LogP) is 3.35. The summed E-state index contributed by atoms with van der Waals surface area (Å²) in [5.74, 6) is 0.518. The van der Waals surface area contributed by atoms with Crippen LogP contribution in [0.2, 0.25) is 0 Å². The molecule has 5 heteroatoms. The van der Waals surface area contributed by atoms with Crippen LogP contribution in [0.4, 0.5) is 0 Å². The molecule has 0 fully saturated rings. The number of halogens is 1. The van der Waals surface area contributed by atoms with Crippen LogP contribution < -0.4 is 11.1 Å². The van der Waals surface area contributed by atoms with Crippen LogP contribution in [-0.4, -0.2) is 24.2 Å². The first-order valence-corrected chi connectivity index (χ1v) is 8.03. The zero-order valence-corrected chi connectivity index (χ0v) is 14.9. The lowest BCUT2D eigenvalue weighted by Crippen LogP contribution is -2.30. The van der Waals surface area contributed by atoms with Crippen molar-refractivity contribution in [2.45, 2.75) is 50.5 Å². The maximum Gasteiger partial charge on any atom is 0.230 e. The largest absolute Gasteiger partial charge is 0.355 e. The molecule has 0 heterocycles. The molecule has 0 saturated heterocycles. The van der Waals surface area contributed by atoms with Gasteiger partial charge in [0.15, 0.2) is 0 Å². The van der Waals surface area contributed by atoms with Gasteiger partial charge >= 0.3 is 0 Å². The van der Waals surface area contributed by atoms with E-state index in [1.165, 1.54) is 5.56 Å². The summed E-state index contributed by atoms with van der Waals surface area (Å²) < 4.78 is 0. The third-order valence-electron chi connectivity index (χ3n) is 3.01. The minimum atomic E-state index is 0. The number of thioether (sulfide) groups is 1. The third kappa shape index (κ3) is 8.34. The molecule has 1 amide bonds. The van der Waals surface area contributed by atoms with Crippen molar-refractivity contribution in [1.29, 1.82) is 0 Å². The van der Waals surface area contributed by atoms with Gasteiger partial charge in [0.1, 0.15) is 0 Å². The minimum absolute atomic E-state index is 0. The molecule has 3 N–H and O–H groups in total. The van der Waals surface area contributed by atoms with Gasteiger partial charge in [0.05, 0.1) is 5.75 Å². The molecule has 1 atom stereocenters. The summed E-state index contributed by atoms with van der Waals surface area (Å²) in [6, 6.07) is 8.57. The van der Waals surface area contributed by atoms with Gasteiger partial charge in [0.25, 0.3) is 0 Å². The molecule has 120 valence electrons. The molecule has 0 aliphatic carbocycles. The average Bonchev–Trinajstić information content (AvgIpc) is 2.35. The van der Waals surface area contributed by atoms with Crippen LogP contribution in [0.5, 0.6) is 0 Å². The fourth-order valence-corrected chi connectivity index (χ4v) is 2.42. The number of nitrogens with two attached hydrogens (primary N) is 1. The van der Waals surface area contributed by atoms with E-state index in [1.54, 1.807) is 11.8 Å². The Kier molecular flexibility index (Phi) is 9.02. The van der Waals surface area contributed by atoms with Gasteiger partial charge in [-0.05, 0) is 36.5 Å². The highest BCUT2D eigenvalue weighted by Crippen LogP contribution is 2.25. The molecule has 1 aromatic rings. The summed E-state index contributed by atoms with van der Waals surface area (Å²) in [4.78, 5) is 12.8. The molecule has 1 aromatic carbocycles. The van der Waals surface area contributed by atoms with Crippen LogP contribution in [0.25, 0.3) is 0 Å². The Bertz CT molecular complexity index is 427. The Hall–Kier alpha value is -0.710. The second-order valence-corrected chi connectivity index (χ2v) is 7.23. The second kappa shape index (κ2) is 9.34. The molecule has 0 spiro atoms. The van der Waals surface area contributed by atoms with Crippen LogP contribution in [0, 0.1) is 0 Å². The van der Waals surface area contributed by atoms with E-state index in [4.69, 9.17) is 5.73 Å². The van der Waals surface area contributed by atoms with Crippen LogP contribution in [0.3, 0.4) is 0 Å². The first-order chi connectivity index (χ1) is 9.29. The number of carbonyl (C=O) groups excluding carboxylic acids is 1. The van der Waals surface area contributed by atoms with E-state index in [1.807, 2.05) is 6.92 Å². The standard InChI is InChI=1S/C16H26N2OS.ClH/c1-12(17)9-10-18-15(19)11-20-14-7-5-13(6-8-14)16(2,3)4;/h5-8,12H,9-11,17H2,1-4H3,(H,18,19);1H. The zero-order valence-electron chi connectivity index (χ0n) is 13.3. The molecule has 3 nitrogen and oxygen atoms in total. The third-order valence-corrected chi connectivity index (χ3v) is 4.02. The lowest BCUT2D eigenvalue weighted by molar-refractivity contribution is -0.118. The second-order valence-electron chi connectivity index (χ2n) is 6.18. The van der Waals surface area contributed by atoms with E-state index in [0.717, 1.165) is 11.3 Å². The topological polar surface area (TPSA) is 55.1 Å². The highest BCUT2D eigenvalue weighted by atomic mass is 35.5. The summed E-state index contributed by atoms with van der Waals surface area (Å²) >= 11 is 1.56. The summed E-state index contributed by atoms with van der Waals surface area (Å²) in [5, 5.41) is 2.88. The van der Waals surface area contributed by atoms with Gasteiger partial charge in [0.2, 0.25) is 5.91 Å². The molecule has 0 bridgehead atoms. The average molecular weight is 331 g/mol. The molecule has 0 aromatic heterocycles. The monoisotopic (exact) mass is 330 g/mol. The summed E-state index contributed by atoms with van der Waals surface area (Å²) in [7, 11) is 0. The van der Waals surface area contributed by atoms with E-state index < -0.39 is 0 Å². The zero-order chi connectivity index (χ0) is 15.2. The van der Waals surface area contributed by atoms with E-state index in [9.17, 15) is 4.79 Å². The fraction of sp³-hybridized carbons (Fsp3) is 0.562. The Morgan fingerprint density at radius 2 is 1.86 bits per heavy atom. The summed E-state index contributed by atoms with van der Waals surface area (Å²) in [6.45, 7) is 9.18. The van der Waals surface area contributed by atoms with Crippen LogP contribution >= 0.6 is 24.2 Å². The Labute approximate surface area is 138 Å². The number of amides is 1. The first kappa shape index (κ1) is 20.3. The quantitative estimate of drug-likeness (QED) is 0.786. The molecule has 1 rings (SSSR count). The van der Waals surface area contributed by atoms with Gasteiger partial charge in [-0.25, -0.2) is 0 Å². The van der Waals surface area contributed by atoms with Crippen molar-refractivity contribution < 1.29 is 4.79 Å². The van der Waals surface area contributed by atoms with Gasteiger partial charge < -0.3 is 11.1 Å². The fourth-order valence-electron chi connectivity index (χ4n) is 1.69. The van der Waals surface area contributed by atoms with Crippen LogP contribution in [-0.2, 0) is 10.2 Å². The number of nitrogens with one attached hydrogen (secondary N) is 1. The normalized spacial score (nSPS) is 12.4. The number of benzene rings is 1. The highest BCUT2D eigenvalue weighted by molar-refractivity contribution is 8.00.